The number of nitrogens with zero attached hydrogens (tertiary/aromatic N) is 1. The van der Waals surface area contributed by atoms with Gasteiger partial charge in [-0.3, -0.25) is 4.99 Å². The van der Waals surface area contributed by atoms with Crippen LogP contribution >= 0.6 is 24.0 Å². The van der Waals surface area contributed by atoms with E-state index in [9.17, 15) is 21.6 Å². The Hall–Kier alpha value is -2.02. The Morgan fingerprint density at radius 2 is 1.80 bits per heavy atom. The molecule has 0 saturated heterocycles. The molecule has 30 heavy (non-hydrogen) atoms. The predicted octanol–water partition coefficient (Wildman–Crippen LogP) is 3.36. The van der Waals surface area contributed by atoms with E-state index in [2.05, 4.69) is 20.4 Å². The van der Waals surface area contributed by atoms with E-state index < -0.39 is 22.3 Å². The van der Waals surface area contributed by atoms with Gasteiger partial charge in [-0.2, -0.15) is 8.78 Å². The fourth-order valence-electron chi connectivity index (χ4n) is 2.54. The molecule has 0 bridgehead atoms. The molecule has 0 atom stereocenters. The van der Waals surface area contributed by atoms with Crippen molar-refractivity contribution < 1.29 is 26.3 Å². The van der Waals surface area contributed by atoms with Gasteiger partial charge < -0.3 is 15.4 Å². The van der Waals surface area contributed by atoms with E-state index in [1.54, 1.807) is 24.3 Å². The van der Waals surface area contributed by atoms with Gasteiger partial charge in [-0.05, 0) is 36.2 Å². The lowest BCUT2D eigenvalue weighted by atomic mass is 10.1. The van der Waals surface area contributed by atoms with Crippen molar-refractivity contribution in [3.63, 3.8) is 0 Å². The molecule has 0 aliphatic carbocycles. The molecule has 0 fully saturated rings. The number of ether oxygens (including phenoxy) is 1. The lowest BCUT2D eigenvalue weighted by molar-refractivity contribution is -0.0506. The lowest BCUT2D eigenvalue weighted by Gasteiger charge is -2.15. The highest BCUT2D eigenvalue weighted by Crippen LogP contribution is 2.23. The second-order valence-electron chi connectivity index (χ2n) is 6.11. The van der Waals surface area contributed by atoms with Gasteiger partial charge in [-0.25, -0.2) is 12.8 Å². The summed E-state index contributed by atoms with van der Waals surface area (Å²) in [7, 11) is -1.72. The molecule has 0 spiro atoms. The van der Waals surface area contributed by atoms with Crippen molar-refractivity contribution in [1.82, 2.24) is 10.6 Å². The lowest BCUT2D eigenvalue weighted by Crippen LogP contribution is -2.38. The Morgan fingerprint density at radius 1 is 1.13 bits per heavy atom. The van der Waals surface area contributed by atoms with Gasteiger partial charge in [-0.15, -0.1) is 24.0 Å². The van der Waals surface area contributed by atoms with Gasteiger partial charge in [0, 0.05) is 32.0 Å². The normalized spacial score (nSPS) is 11.7. The van der Waals surface area contributed by atoms with Gasteiger partial charge in [0.05, 0.1) is 4.90 Å². The quantitative estimate of drug-likeness (QED) is 0.296. The van der Waals surface area contributed by atoms with Gasteiger partial charge in [-0.1, -0.05) is 18.2 Å². The molecule has 2 aromatic carbocycles. The van der Waals surface area contributed by atoms with Crippen molar-refractivity contribution >= 4 is 39.8 Å². The highest BCUT2D eigenvalue weighted by atomic mass is 127. The summed E-state index contributed by atoms with van der Waals surface area (Å²) in [6.45, 7) is -2.69. The highest BCUT2D eigenvalue weighted by molar-refractivity contribution is 14.0. The maximum absolute atomic E-state index is 14.0. The first-order chi connectivity index (χ1) is 13.7. The molecule has 2 aromatic rings. The molecule has 0 amide bonds. The summed E-state index contributed by atoms with van der Waals surface area (Å²) in [4.78, 5) is 4.25. The molecule has 11 heteroatoms. The average Bonchev–Trinajstić information content (AvgIpc) is 2.65. The fourth-order valence-corrected chi connectivity index (χ4v) is 3.17. The minimum absolute atomic E-state index is 0. The van der Waals surface area contributed by atoms with Crippen molar-refractivity contribution in [3.8, 4) is 5.75 Å². The molecule has 2 rings (SSSR count). The van der Waals surface area contributed by atoms with E-state index in [1.165, 1.54) is 19.2 Å². The number of guanidine groups is 1. The Balaban J connectivity index is 0.00000450. The molecular formula is C19H23F3IN3O3S. The summed E-state index contributed by atoms with van der Waals surface area (Å²) in [5.74, 6) is -0.560. The summed E-state index contributed by atoms with van der Waals surface area (Å²) < 4.78 is 66.2. The number of hydrogen-bond acceptors (Lipinski definition) is 4. The van der Waals surface area contributed by atoms with Crippen molar-refractivity contribution in [2.75, 3.05) is 19.8 Å². The van der Waals surface area contributed by atoms with Crippen LogP contribution < -0.4 is 15.4 Å². The molecule has 2 N–H and O–H groups in total. The monoisotopic (exact) mass is 557 g/mol. The smallest absolute Gasteiger partial charge is 0.387 e. The number of hydrogen-bond donors (Lipinski definition) is 2. The predicted molar refractivity (Wildman–Crippen MR) is 120 cm³/mol. The van der Waals surface area contributed by atoms with E-state index in [1.807, 2.05) is 0 Å². The van der Waals surface area contributed by atoms with Gasteiger partial charge in [0.2, 0.25) is 0 Å². The van der Waals surface area contributed by atoms with Crippen LogP contribution in [0.15, 0.2) is 52.4 Å². The molecule has 6 nitrogen and oxygen atoms in total. The van der Waals surface area contributed by atoms with Crippen LogP contribution in [-0.2, 0) is 22.8 Å². The van der Waals surface area contributed by atoms with E-state index in [4.69, 9.17) is 0 Å². The summed E-state index contributed by atoms with van der Waals surface area (Å²) in [5, 5.41) is 5.87. The van der Waals surface area contributed by atoms with E-state index in [0.717, 1.165) is 17.9 Å². The van der Waals surface area contributed by atoms with Crippen LogP contribution in [-0.4, -0.2) is 40.8 Å². The van der Waals surface area contributed by atoms with Crippen molar-refractivity contribution in [1.29, 1.82) is 0 Å². The molecular weight excluding hydrogens is 534 g/mol. The maximum atomic E-state index is 14.0. The first-order valence-corrected chi connectivity index (χ1v) is 10.6. The van der Waals surface area contributed by atoms with Crippen LogP contribution in [0.2, 0.25) is 0 Å². The number of sulfone groups is 1. The first kappa shape index (κ1) is 26.0. The summed E-state index contributed by atoms with van der Waals surface area (Å²) in [6, 6.07) is 10.2. The first-order valence-electron chi connectivity index (χ1n) is 8.66. The minimum Gasteiger partial charge on any atom is -0.434 e. The maximum Gasteiger partial charge on any atom is 0.387 e. The van der Waals surface area contributed by atoms with Crippen molar-refractivity contribution in [2.24, 2.45) is 4.99 Å². The van der Waals surface area contributed by atoms with Gasteiger partial charge >= 0.3 is 6.61 Å². The van der Waals surface area contributed by atoms with Crippen LogP contribution in [0.4, 0.5) is 13.2 Å². The largest absolute Gasteiger partial charge is 0.434 e. The second kappa shape index (κ2) is 12.0. The third-order valence-corrected chi connectivity index (χ3v) is 5.13. The fraction of sp³-hybridized carbons (Fsp3) is 0.316. The van der Waals surface area contributed by atoms with Crippen LogP contribution in [0.25, 0.3) is 0 Å². The minimum atomic E-state index is -3.24. The summed E-state index contributed by atoms with van der Waals surface area (Å²) >= 11 is 0. The number of alkyl halides is 2. The van der Waals surface area contributed by atoms with Crippen LogP contribution in [0.3, 0.4) is 0 Å². The molecule has 0 aliphatic heterocycles. The average molecular weight is 557 g/mol. The molecule has 0 saturated carbocycles. The van der Waals surface area contributed by atoms with Gasteiger partial charge in [0.15, 0.2) is 15.8 Å². The zero-order valence-corrected chi connectivity index (χ0v) is 19.5. The van der Waals surface area contributed by atoms with Crippen LogP contribution in [0.5, 0.6) is 5.75 Å². The number of benzene rings is 2. The van der Waals surface area contributed by atoms with E-state index in [0.29, 0.717) is 18.9 Å². The number of halogens is 4. The number of nitrogens with one attached hydrogen (secondary N) is 2. The van der Waals surface area contributed by atoms with Crippen LogP contribution in [0.1, 0.15) is 11.1 Å². The van der Waals surface area contributed by atoms with E-state index in [-0.39, 0.29) is 46.7 Å². The molecule has 0 heterocycles. The summed E-state index contributed by atoms with van der Waals surface area (Å²) in [5.41, 5.74) is 0.884. The third kappa shape index (κ3) is 8.01. The Bertz CT molecular complexity index is 955. The SMILES string of the molecule is CN=C(NCCc1ccc(S(C)(=O)=O)cc1)NCc1c(F)cccc1OC(F)F.I. The molecule has 166 valence electrons. The molecule has 0 unspecified atom stereocenters. The molecule has 0 aliphatic rings. The standard InChI is InChI=1S/C19H22F3N3O3S.HI/c1-23-19(24-11-10-13-6-8-14(9-7-13)29(2,26)27)25-12-15-16(20)4-3-5-17(15)28-18(21)22;/h3-9,18H,10-12H2,1-2H3,(H2,23,24,25);1H. The zero-order valence-electron chi connectivity index (χ0n) is 16.4. The Labute approximate surface area is 190 Å². The van der Waals surface area contributed by atoms with Crippen molar-refractivity contribution in [3.05, 3.63) is 59.4 Å². The number of rotatable bonds is 8. The zero-order chi connectivity index (χ0) is 21.4. The molecule has 0 radical (unpaired) electrons. The Morgan fingerprint density at radius 3 is 2.37 bits per heavy atom. The van der Waals surface area contributed by atoms with Gasteiger partial charge in [0.25, 0.3) is 0 Å². The summed E-state index contributed by atoms with van der Waals surface area (Å²) in [6.07, 6.45) is 1.73. The molecule has 0 aromatic heterocycles. The Kier molecular flexibility index (Phi) is 10.4. The number of aliphatic imine (C=N–C) groups is 1. The van der Waals surface area contributed by atoms with Crippen LogP contribution in [0, 0.1) is 5.82 Å². The third-order valence-electron chi connectivity index (χ3n) is 4.01. The van der Waals surface area contributed by atoms with Gasteiger partial charge in [0.1, 0.15) is 11.6 Å². The highest BCUT2D eigenvalue weighted by Gasteiger charge is 2.14. The van der Waals surface area contributed by atoms with Crippen molar-refractivity contribution in [2.45, 2.75) is 24.5 Å². The van der Waals surface area contributed by atoms with E-state index >= 15 is 0 Å². The topological polar surface area (TPSA) is 79.8 Å². The second-order valence-corrected chi connectivity index (χ2v) is 8.13.